The van der Waals surface area contributed by atoms with Gasteiger partial charge in [0.25, 0.3) is 11.8 Å². The summed E-state index contributed by atoms with van der Waals surface area (Å²) in [5, 5.41) is 8.64. The fraction of sp³-hybridized carbons (Fsp3) is 0.364. The van der Waals surface area contributed by atoms with Gasteiger partial charge in [0.05, 0.1) is 10.7 Å². The van der Waals surface area contributed by atoms with Crippen LogP contribution in [-0.2, 0) is 0 Å². The average Bonchev–Trinajstić information content (AvgIpc) is 3.24. The van der Waals surface area contributed by atoms with E-state index in [9.17, 15) is 0 Å². The van der Waals surface area contributed by atoms with E-state index in [1.165, 1.54) is 0 Å². The zero-order chi connectivity index (χ0) is 20.8. The highest BCUT2D eigenvalue weighted by Gasteiger charge is 2.18. The van der Waals surface area contributed by atoms with Crippen molar-refractivity contribution in [3.05, 3.63) is 58.6 Å². The monoisotopic (exact) mass is 445 g/mol. The Kier molecular flexibility index (Phi) is 7.10. The van der Waals surface area contributed by atoms with E-state index in [4.69, 9.17) is 27.7 Å². The number of unbranched alkanes of at least 4 members (excludes halogenated alkanes) is 1. The molecule has 158 valence electrons. The van der Waals surface area contributed by atoms with Gasteiger partial charge in [-0.05, 0) is 54.9 Å². The largest absolute Gasteiger partial charge is 0.368 e. The topological polar surface area (TPSA) is 57.4 Å². The van der Waals surface area contributed by atoms with Crippen LogP contribution in [0.15, 0.2) is 53.1 Å². The molecule has 0 saturated carbocycles. The van der Waals surface area contributed by atoms with Crippen LogP contribution >= 0.6 is 23.2 Å². The molecule has 0 radical (unpaired) electrons. The summed E-state index contributed by atoms with van der Waals surface area (Å²) in [7, 11) is 0. The fourth-order valence-corrected chi connectivity index (χ4v) is 4.13. The fourth-order valence-electron chi connectivity index (χ4n) is 3.60. The van der Waals surface area contributed by atoms with Gasteiger partial charge in [-0.2, -0.15) is 4.98 Å². The van der Waals surface area contributed by atoms with Gasteiger partial charge in [0, 0.05) is 43.3 Å². The van der Waals surface area contributed by atoms with Crippen LogP contribution in [0.2, 0.25) is 10.0 Å². The lowest BCUT2D eigenvalue weighted by Gasteiger charge is -2.36. The van der Waals surface area contributed by atoms with Gasteiger partial charge in [-0.25, -0.2) is 0 Å². The first-order chi connectivity index (χ1) is 14.7. The molecule has 1 aliphatic heterocycles. The molecule has 0 atom stereocenters. The summed E-state index contributed by atoms with van der Waals surface area (Å²) in [5.41, 5.74) is 2.00. The maximum Gasteiger partial charge on any atom is 0.263 e. The van der Waals surface area contributed by atoms with Crippen LogP contribution in [0.3, 0.4) is 0 Å². The minimum absolute atomic E-state index is 0.539. The zero-order valence-corrected chi connectivity index (χ0v) is 18.2. The standard InChI is InChI=1S/C22H25Cl2N5O/c23-18-8-9-20(19(24)16-18)29-14-12-28(13-15-29)11-5-4-10-25-22-26-21(30-27-22)17-6-2-1-3-7-17/h1-3,6-9,16H,4-5,10-15H2,(H,25,27). The summed E-state index contributed by atoms with van der Waals surface area (Å²) in [4.78, 5) is 9.23. The Labute approximate surface area is 186 Å². The number of piperazine rings is 1. The summed E-state index contributed by atoms with van der Waals surface area (Å²) in [6, 6.07) is 15.5. The number of nitrogens with one attached hydrogen (secondary N) is 1. The molecule has 4 rings (SSSR count). The van der Waals surface area contributed by atoms with Crippen molar-refractivity contribution >= 4 is 34.8 Å². The number of rotatable bonds is 8. The molecule has 2 heterocycles. The second kappa shape index (κ2) is 10.2. The van der Waals surface area contributed by atoms with Crippen LogP contribution in [-0.4, -0.2) is 54.3 Å². The lowest BCUT2D eigenvalue weighted by Crippen LogP contribution is -2.46. The Bertz CT molecular complexity index is 942. The number of halogens is 2. The number of benzene rings is 2. The van der Waals surface area contributed by atoms with Crippen LogP contribution in [0, 0.1) is 0 Å². The summed E-state index contributed by atoms with van der Waals surface area (Å²) in [6.07, 6.45) is 2.18. The smallest absolute Gasteiger partial charge is 0.263 e. The predicted octanol–water partition coefficient (Wildman–Crippen LogP) is 5.06. The summed E-state index contributed by atoms with van der Waals surface area (Å²) in [5.74, 6) is 1.08. The van der Waals surface area contributed by atoms with Crippen LogP contribution in [0.25, 0.3) is 11.5 Å². The van der Waals surface area contributed by atoms with Gasteiger partial charge in [-0.3, -0.25) is 4.90 Å². The summed E-state index contributed by atoms with van der Waals surface area (Å²) >= 11 is 12.3. The molecule has 0 aliphatic carbocycles. The highest BCUT2D eigenvalue weighted by molar-refractivity contribution is 6.36. The van der Waals surface area contributed by atoms with Crippen molar-refractivity contribution in [2.45, 2.75) is 12.8 Å². The zero-order valence-electron chi connectivity index (χ0n) is 16.7. The van der Waals surface area contributed by atoms with Gasteiger partial charge in [0.15, 0.2) is 0 Å². The number of aromatic nitrogens is 2. The molecule has 8 heteroatoms. The molecule has 0 spiro atoms. The van der Waals surface area contributed by atoms with Crippen LogP contribution in [0.4, 0.5) is 11.6 Å². The quantitative estimate of drug-likeness (QED) is 0.489. The minimum Gasteiger partial charge on any atom is -0.368 e. The second-order valence-corrected chi connectivity index (χ2v) is 8.19. The molecule has 1 aromatic heterocycles. The molecule has 0 amide bonds. The molecule has 0 unspecified atom stereocenters. The van der Waals surface area contributed by atoms with E-state index in [2.05, 4.69) is 25.3 Å². The van der Waals surface area contributed by atoms with Crippen molar-refractivity contribution in [1.29, 1.82) is 0 Å². The van der Waals surface area contributed by atoms with Crippen molar-refractivity contribution in [2.75, 3.05) is 49.5 Å². The number of hydrogen-bond acceptors (Lipinski definition) is 6. The molecule has 1 saturated heterocycles. The van der Waals surface area contributed by atoms with E-state index < -0.39 is 0 Å². The molecular weight excluding hydrogens is 421 g/mol. The third-order valence-corrected chi connectivity index (χ3v) is 5.79. The van der Waals surface area contributed by atoms with E-state index in [1.807, 2.05) is 48.5 Å². The van der Waals surface area contributed by atoms with Gasteiger partial charge >= 0.3 is 0 Å². The number of hydrogen-bond donors (Lipinski definition) is 1. The first-order valence-electron chi connectivity index (χ1n) is 10.2. The van der Waals surface area contributed by atoms with Crippen molar-refractivity contribution in [1.82, 2.24) is 15.0 Å². The molecule has 3 aromatic rings. The first kappa shape index (κ1) is 21.0. The predicted molar refractivity (Wildman–Crippen MR) is 123 cm³/mol. The SMILES string of the molecule is Clc1ccc(N2CCN(CCCCNc3noc(-c4ccccc4)n3)CC2)c(Cl)c1. The van der Waals surface area contributed by atoms with Gasteiger partial charge in [-0.15, -0.1) is 0 Å². The summed E-state index contributed by atoms with van der Waals surface area (Å²) in [6.45, 7) is 5.95. The maximum atomic E-state index is 6.34. The van der Waals surface area contributed by atoms with E-state index in [0.29, 0.717) is 16.9 Å². The third-order valence-electron chi connectivity index (χ3n) is 5.25. The van der Waals surface area contributed by atoms with Gasteiger partial charge in [0.2, 0.25) is 0 Å². The normalized spacial score (nSPS) is 14.8. The Morgan fingerprint density at radius 2 is 1.77 bits per heavy atom. The second-order valence-electron chi connectivity index (χ2n) is 7.35. The minimum atomic E-state index is 0.539. The van der Waals surface area contributed by atoms with E-state index in [-0.39, 0.29) is 0 Å². The third kappa shape index (κ3) is 5.45. The molecule has 2 aromatic carbocycles. The molecule has 30 heavy (non-hydrogen) atoms. The van der Waals surface area contributed by atoms with Gasteiger partial charge in [-0.1, -0.05) is 41.4 Å². The van der Waals surface area contributed by atoms with E-state index in [0.717, 1.165) is 68.4 Å². The summed E-state index contributed by atoms with van der Waals surface area (Å²) < 4.78 is 5.31. The molecule has 0 bridgehead atoms. The highest BCUT2D eigenvalue weighted by Crippen LogP contribution is 2.29. The van der Waals surface area contributed by atoms with Crippen molar-refractivity contribution in [3.8, 4) is 11.5 Å². The lowest BCUT2D eigenvalue weighted by atomic mass is 10.2. The van der Waals surface area contributed by atoms with Crippen molar-refractivity contribution in [2.24, 2.45) is 0 Å². The van der Waals surface area contributed by atoms with Crippen LogP contribution < -0.4 is 10.2 Å². The molecule has 6 nitrogen and oxygen atoms in total. The van der Waals surface area contributed by atoms with Gasteiger partial charge < -0.3 is 14.7 Å². The van der Waals surface area contributed by atoms with Crippen LogP contribution in [0.1, 0.15) is 12.8 Å². The van der Waals surface area contributed by atoms with Crippen LogP contribution in [0.5, 0.6) is 0 Å². The Morgan fingerprint density at radius 1 is 0.967 bits per heavy atom. The average molecular weight is 446 g/mol. The highest BCUT2D eigenvalue weighted by atomic mass is 35.5. The maximum absolute atomic E-state index is 6.34. The number of anilines is 2. The van der Waals surface area contributed by atoms with Gasteiger partial charge in [0.1, 0.15) is 0 Å². The van der Waals surface area contributed by atoms with E-state index in [1.54, 1.807) is 0 Å². The molecule has 1 aliphatic rings. The first-order valence-corrected chi connectivity index (χ1v) is 11.0. The Hall–Kier alpha value is -2.28. The van der Waals surface area contributed by atoms with Crippen molar-refractivity contribution < 1.29 is 4.52 Å². The molecule has 1 N–H and O–H groups in total. The Morgan fingerprint density at radius 3 is 2.53 bits per heavy atom. The number of nitrogens with zero attached hydrogens (tertiary/aromatic N) is 4. The molecular formula is C22H25Cl2N5O. The molecule has 1 fully saturated rings. The van der Waals surface area contributed by atoms with E-state index >= 15 is 0 Å². The van der Waals surface area contributed by atoms with Crippen molar-refractivity contribution in [3.63, 3.8) is 0 Å². The lowest BCUT2D eigenvalue weighted by molar-refractivity contribution is 0.254. The Balaban J connectivity index is 1.14.